The van der Waals surface area contributed by atoms with Crippen LogP contribution in [0.15, 0.2) is 0 Å². The number of likely N-dealkylation sites (tertiary alicyclic amines) is 1. The van der Waals surface area contributed by atoms with Crippen molar-refractivity contribution in [2.45, 2.75) is 71.9 Å². The lowest BCUT2D eigenvalue weighted by molar-refractivity contribution is -0.148. The van der Waals surface area contributed by atoms with E-state index in [1.807, 2.05) is 6.92 Å². The van der Waals surface area contributed by atoms with E-state index in [-0.39, 0.29) is 12.0 Å². The van der Waals surface area contributed by atoms with E-state index in [1.165, 1.54) is 26.4 Å². The van der Waals surface area contributed by atoms with Gasteiger partial charge in [-0.25, -0.2) is 0 Å². The molecule has 0 aromatic heterocycles. The van der Waals surface area contributed by atoms with E-state index in [2.05, 4.69) is 37.9 Å². The first-order chi connectivity index (χ1) is 9.68. The molecule has 0 bridgehead atoms. The lowest BCUT2D eigenvalue weighted by Crippen LogP contribution is -2.54. The second-order valence-corrected chi connectivity index (χ2v) is 7.73. The minimum Gasteiger partial charge on any atom is -0.468 e. The fraction of sp³-hybridized carbons (Fsp3) is 0.941. The van der Waals surface area contributed by atoms with Crippen molar-refractivity contribution in [3.05, 3.63) is 0 Å². The molecule has 124 valence electrons. The lowest BCUT2D eigenvalue weighted by Gasteiger charge is -2.32. The first-order valence-corrected chi connectivity index (χ1v) is 8.27. The monoisotopic (exact) mass is 298 g/mol. The molecule has 1 saturated heterocycles. The lowest BCUT2D eigenvalue weighted by atomic mass is 9.85. The van der Waals surface area contributed by atoms with Gasteiger partial charge in [0.2, 0.25) is 0 Å². The minimum atomic E-state index is -0.593. The van der Waals surface area contributed by atoms with Crippen molar-refractivity contribution in [2.24, 2.45) is 5.41 Å². The SMILES string of the molecule is COC(=O)C(C)(CCN1CCCC(C)(C)CC1)NC(C)C. The van der Waals surface area contributed by atoms with Crippen LogP contribution >= 0.6 is 0 Å². The number of methoxy groups -OCH3 is 1. The molecule has 4 nitrogen and oxygen atoms in total. The summed E-state index contributed by atoms with van der Waals surface area (Å²) < 4.78 is 4.99. The molecule has 1 fully saturated rings. The van der Waals surface area contributed by atoms with Crippen LogP contribution in [0.25, 0.3) is 0 Å². The van der Waals surface area contributed by atoms with Gasteiger partial charge in [0, 0.05) is 12.6 Å². The highest BCUT2D eigenvalue weighted by Crippen LogP contribution is 2.30. The molecule has 0 aliphatic carbocycles. The van der Waals surface area contributed by atoms with Crippen molar-refractivity contribution in [1.29, 1.82) is 0 Å². The summed E-state index contributed by atoms with van der Waals surface area (Å²) in [7, 11) is 1.47. The van der Waals surface area contributed by atoms with Gasteiger partial charge in [-0.2, -0.15) is 0 Å². The first kappa shape index (κ1) is 18.4. The number of hydrogen-bond acceptors (Lipinski definition) is 4. The predicted octanol–water partition coefficient (Wildman–Crippen LogP) is 2.82. The third-order valence-corrected chi connectivity index (χ3v) is 4.60. The van der Waals surface area contributed by atoms with Gasteiger partial charge in [0.1, 0.15) is 5.54 Å². The molecule has 0 spiro atoms. The molecule has 1 unspecified atom stereocenters. The summed E-state index contributed by atoms with van der Waals surface area (Å²) >= 11 is 0. The van der Waals surface area contributed by atoms with E-state index in [0.29, 0.717) is 5.41 Å². The third-order valence-electron chi connectivity index (χ3n) is 4.60. The minimum absolute atomic E-state index is 0.161. The van der Waals surface area contributed by atoms with Crippen LogP contribution in [0.3, 0.4) is 0 Å². The van der Waals surface area contributed by atoms with Gasteiger partial charge in [-0.3, -0.25) is 10.1 Å². The van der Waals surface area contributed by atoms with Crippen molar-refractivity contribution in [3.63, 3.8) is 0 Å². The highest BCUT2D eigenvalue weighted by atomic mass is 16.5. The molecule has 4 heteroatoms. The summed E-state index contributed by atoms with van der Waals surface area (Å²) in [5.74, 6) is -0.161. The Bertz CT molecular complexity index is 342. The number of esters is 1. The van der Waals surface area contributed by atoms with Crippen molar-refractivity contribution >= 4 is 5.97 Å². The molecule has 0 radical (unpaired) electrons. The summed E-state index contributed by atoms with van der Waals surface area (Å²) in [5, 5.41) is 3.38. The molecule has 0 amide bonds. The Labute approximate surface area is 130 Å². The summed E-state index contributed by atoms with van der Waals surface area (Å²) in [6.45, 7) is 14.0. The molecule has 0 aromatic rings. The molecule has 0 aromatic carbocycles. The zero-order valence-electron chi connectivity index (χ0n) is 14.8. The van der Waals surface area contributed by atoms with E-state index in [0.717, 1.165) is 26.1 Å². The van der Waals surface area contributed by atoms with Crippen molar-refractivity contribution in [1.82, 2.24) is 10.2 Å². The quantitative estimate of drug-likeness (QED) is 0.766. The smallest absolute Gasteiger partial charge is 0.325 e. The predicted molar refractivity (Wildman–Crippen MR) is 87.4 cm³/mol. The van der Waals surface area contributed by atoms with Gasteiger partial charge in [0.05, 0.1) is 7.11 Å². The Balaban J connectivity index is 2.58. The second kappa shape index (κ2) is 7.59. The van der Waals surface area contributed by atoms with E-state index >= 15 is 0 Å². The zero-order chi connectivity index (χ0) is 16.1. The number of carbonyl (C=O) groups is 1. The first-order valence-electron chi connectivity index (χ1n) is 8.27. The van der Waals surface area contributed by atoms with Gasteiger partial charge in [0.25, 0.3) is 0 Å². The average molecular weight is 298 g/mol. The molecule has 1 heterocycles. The van der Waals surface area contributed by atoms with Crippen LogP contribution in [0.4, 0.5) is 0 Å². The maximum Gasteiger partial charge on any atom is 0.325 e. The number of nitrogens with zero attached hydrogens (tertiary/aromatic N) is 1. The van der Waals surface area contributed by atoms with Crippen molar-refractivity contribution in [2.75, 3.05) is 26.7 Å². The molecular weight excluding hydrogens is 264 g/mol. The highest BCUT2D eigenvalue weighted by molar-refractivity contribution is 5.80. The van der Waals surface area contributed by atoms with Gasteiger partial charge in [-0.1, -0.05) is 13.8 Å². The second-order valence-electron chi connectivity index (χ2n) is 7.73. The van der Waals surface area contributed by atoms with Crippen LogP contribution in [0.1, 0.15) is 60.3 Å². The van der Waals surface area contributed by atoms with Crippen LogP contribution in [0.5, 0.6) is 0 Å². The molecule has 1 atom stereocenters. The molecule has 1 rings (SSSR count). The summed E-state index contributed by atoms with van der Waals surface area (Å²) in [5.41, 5.74) is -0.138. The third kappa shape index (κ3) is 5.95. The number of carbonyl (C=O) groups excluding carboxylic acids is 1. The zero-order valence-corrected chi connectivity index (χ0v) is 14.8. The van der Waals surface area contributed by atoms with Crippen LogP contribution in [0, 0.1) is 5.41 Å². The highest BCUT2D eigenvalue weighted by Gasteiger charge is 2.35. The molecule has 0 saturated carbocycles. The normalized spacial score (nSPS) is 22.6. The topological polar surface area (TPSA) is 41.6 Å². The molecular formula is C17H34N2O2. The van der Waals surface area contributed by atoms with Crippen LogP contribution in [-0.2, 0) is 9.53 Å². The number of ether oxygens (including phenoxy) is 1. The Kier molecular flexibility index (Phi) is 6.67. The average Bonchev–Trinajstić information content (AvgIpc) is 2.55. The van der Waals surface area contributed by atoms with Gasteiger partial charge in [-0.05, 0) is 65.0 Å². The number of hydrogen-bond donors (Lipinski definition) is 1. The maximum absolute atomic E-state index is 12.1. The van der Waals surface area contributed by atoms with Gasteiger partial charge >= 0.3 is 5.97 Å². The van der Waals surface area contributed by atoms with Crippen molar-refractivity contribution in [3.8, 4) is 0 Å². The van der Waals surface area contributed by atoms with E-state index in [9.17, 15) is 4.79 Å². The van der Waals surface area contributed by atoms with Gasteiger partial charge < -0.3 is 9.64 Å². The fourth-order valence-electron chi connectivity index (χ4n) is 3.18. The molecule has 1 aliphatic heterocycles. The molecule has 21 heavy (non-hydrogen) atoms. The van der Waals surface area contributed by atoms with Crippen LogP contribution in [-0.4, -0.2) is 49.2 Å². The summed E-state index contributed by atoms with van der Waals surface area (Å²) in [6.07, 6.45) is 4.57. The number of rotatable bonds is 6. The summed E-state index contributed by atoms with van der Waals surface area (Å²) in [6, 6.07) is 0.261. The molecule has 1 aliphatic rings. The van der Waals surface area contributed by atoms with Crippen LogP contribution in [0.2, 0.25) is 0 Å². The Morgan fingerprint density at radius 2 is 2.00 bits per heavy atom. The Morgan fingerprint density at radius 3 is 2.57 bits per heavy atom. The van der Waals surface area contributed by atoms with E-state index < -0.39 is 5.54 Å². The van der Waals surface area contributed by atoms with E-state index in [1.54, 1.807) is 0 Å². The standard InChI is InChI=1S/C17H34N2O2/c1-14(2)18-17(5,15(20)21-6)10-13-19-11-7-8-16(3,4)9-12-19/h14,18H,7-13H2,1-6H3. The maximum atomic E-state index is 12.1. The van der Waals surface area contributed by atoms with Gasteiger partial charge in [-0.15, -0.1) is 0 Å². The van der Waals surface area contributed by atoms with Crippen molar-refractivity contribution < 1.29 is 9.53 Å². The Hall–Kier alpha value is -0.610. The molecule has 1 N–H and O–H groups in total. The largest absolute Gasteiger partial charge is 0.468 e. The van der Waals surface area contributed by atoms with Gasteiger partial charge in [0.15, 0.2) is 0 Å². The Morgan fingerprint density at radius 1 is 1.33 bits per heavy atom. The number of nitrogens with one attached hydrogen (secondary N) is 1. The fourth-order valence-corrected chi connectivity index (χ4v) is 3.18. The van der Waals surface area contributed by atoms with E-state index in [4.69, 9.17) is 4.74 Å². The summed E-state index contributed by atoms with van der Waals surface area (Å²) in [4.78, 5) is 14.6. The van der Waals surface area contributed by atoms with Crippen LogP contribution < -0.4 is 5.32 Å².